The molecular formula is C9H15NO5. The minimum absolute atomic E-state index is 0.156. The molecule has 0 aromatic rings. The van der Waals surface area contributed by atoms with Gasteiger partial charge in [-0.05, 0) is 5.92 Å². The summed E-state index contributed by atoms with van der Waals surface area (Å²) in [6, 6.07) is 0. The van der Waals surface area contributed by atoms with Crippen molar-refractivity contribution in [3.63, 3.8) is 0 Å². The van der Waals surface area contributed by atoms with E-state index in [2.05, 4.69) is 5.32 Å². The zero-order valence-electron chi connectivity index (χ0n) is 8.73. The van der Waals surface area contributed by atoms with Crippen LogP contribution in [0.4, 0.5) is 0 Å². The van der Waals surface area contributed by atoms with Crippen molar-refractivity contribution in [2.75, 3.05) is 13.3 Å². The molecule has 86 valence electrons. The zero-order valence-corrected chi connectivity index (χ0v) is 8.73. The molecule has 0 aromatic carbocycles. The van der Waals surface area contributed by atoms with Crippen LogP contribution in [0.1, 0.15) is 13.8 Å². The standard InChI is InChI=1S/C9H15NO5/c1-5(2)3-10-8(11)6-7(9(12)13)15-4-14-6/h5-7H,3-4H2,1-2H3,(H,10,11)(H,12,13)/t6-,7-/m1/s1. The number of carbonyl (C=O) groups is 2. The number of carboxylic acids is 1. The van der Waals surface area contributed by atoms with Crippen molar-refractivity contribution >= 4 is 11.9 Å². The zero-order chi connectivity index (χ0) is 11.4. The average Bonchev–Trinajstić information content (AvgIpc) is 2.62. The Labute approximate surface area is 87.5 Å². The van der Waals surface area contributed by atoms with E-state index in [0.29, 0.717) is 12.5 Å². The third kappa shape index (κ3) is 3.17. The van der Waals surface area contributed by atoms with Gasteiger partial charge in [0.1, 0.15) is 6.79 Å². The van der Waals surface area contributed by atoms with E-state index in [1.165, 1.54) is 0 Å². The smallest absolute Gasteiger partial charge is 0.336 e. The fourth-order valence-corrected chi connectivity index (χ4v) is 1.18. The molecule has 0 aromatic heterocycles. The van der Waals surface area contributed by atoms with Gasteiger partial charge in [0.15, 0.2) is 12.2 Å². The molecule has 1 amide bonds. The van der Waals surface area contributed by atoms with Gasteiger partial charge in [-0.25, -0.2) is 4.79 Å². The number of carboxylic acid groups (broad SMARTS) is 1. The molecule has 0 aliphatic carbocycles. The molecule has 0 saturated carbocycles. The molecule has 6 nitrogen and oxygen atoms in total. The molecule has 1 heterocycles. The van der Waals surface area contributed by atoms with Crippen molar-refractivity contribution in [3.05, 3.63) is 0 Å². The van der Waals surface area contributed by atoms with Gasteiger partial charge in [-0.3, -0.25) is 4.79 Å². The quantitative estimate of drug-likeness (QED) is 0.668. The van der Waals surface area contributed by atoms with E-state index < -0.39 is 24.1 Å². The van der Waals surface area contributed by atoms with Crippen LogP contribution < -0.4 is 5.32 Å². The number of nitrogens with one attached hydrogen (secondary N) is 1. The van der Waals surface area contributed by atoms with E-state index in [1.54, 1.807) is 0 Å². The van der Waals surface area contributed by atoms with Crippen molar-refractivity contribution in [2.24, 2.45) is 5.92 Å². The SMILES string of the molecule is CC(C)CNC(=O)[C@@H]1OCO[C@H]1C(=O)O. The van der Waals surface area contributed by atoms with Crippen LogP contribution in [0.15, 0.2) is 0 Å². The van der Waals surface area contributed by atoms with Gasteiger partial charge in [0, 0.05) is 6.54 Å². The first-order chi connectivity index (χ1) is 7.02. The summed E-state index contributed by atoms with van der Waals surface area (Å²) in [4.78, 5) is 22.2. The summed E-state index contributed by atoms with van der Waals surface area (Å²) in [7, 11) is 0. The molecule has 0 radical (unpaired) electrons. The number of ether oxygens (including phenoxy) is 2. The lowest BCUT2D eigenvalue weighted by molar-refractivity contribution is -0.150. The summed E-state index contributed by atoms with van der Waals surface area (Å²) >= 11 is 0. The number of aliphatic carboxylic acids is 1. The molecule has 1 fully saturated rings. The molecule has 1 saturated heterocycles. The Kier molecular flexibility index (Phi) is 4.05. The van der Waals surface area contributed by atoms with Gasteiger partial charge in [-0.15, -0.1) is 0 Å². The van der Waals surface area contributed by atoms with Crippen LogP contribution in [-0.2, 0) is 19.1 Å². The molecule has 15 heavy (non-hydrogen) atoms. The Hall–Kier alpha value is -1.14. The second-order valence-corrected chi connectivity index (χ2v) is 3.77. The Balaban J connectivity index is 2.47. The van der Waals surface area contributed by atoms with Crippen LogP contribution >= 0.6 is 0 Å². The lowest BCUT2D eigenvalue weighted by Crippen LogP contribution is -2.44. The maximum Gasteiger partial charge on any atom is 0.336 e. The molecule has 0 unspecified atom stereocenters. The Morgan fingerprint density at radius 3 is 2.53 bits per heavy atom. The summed E-state index contributed by atoms with van der Waals surface area (Å²) in [5.41, 5.74) is 0. The molecule has 1 rings (SSSR count). The van der Waals surface area contributed by atoms with Crippen LogP contribution in [0, 0.1) is 5.92 Å². The molecule has 0 spiro atoms. The molecule has 1 aliphatic heterocycles. The lowest BCUT2D eigenvalue weighted by atomic mass is 10.1. The first-order valence-corrected chi connectivity index (χ1v) is 4.76. The highest BCUT2D eigenvalue weighted by Crippen LogP contribution is 2.13. The van der Waals surface area contributed by atoms with Crippen molar-refractivity contribution in [1.29, 1.82) is 0 Å². The molecule has 6 heteroatoms. The highest BCUT2D eigenvalue weighted by molar-refractivity contribution is 5.88. The van der Waals surface area contributed by atoms with Crippen LogP contribution in [0.25, 0.3) is 0 Å². The number of carbonyl (C=O) groups excluding carboxylic acids is 1. The molecular weight excluding hydrogens is 202 g/mol. The van der Waals surface area contributed by atoms with Crippen LogP contribution in [0.3, 0.4) is 0 Å². The van der Waals surface area contributed by atoms with E-state index in [9.17, 15) is 9.59 Å². The van der Waals surface area contributed by atoms with Gasteiger partial charge < -0.3 is 19.9 Å². The Morgan fingerprint density at radius 1 is 1.40 bits per heavy atom. The first-order valence-electron chi connectivity index (χ1n) is 4.76. The maximum atomic E-state index is 11.5. The average molecular weight is 217 g/mol. The van der Waals surface area contributed by atoms with E-state index in [0.717, 1.165) is 0 Å². The Bertz CT molecular complexity index is 253. The summed E-state index contributed by atoms with van der Waals surface area (Å²) < 4.78 is 9.68. The van der Waals surface area contributed by atoms with Crippen molar-refractivity contribution < 1.29 is 24.2 Å². The molecule has 2 atom stereocenters. The summed E-state index contributed by atoms with van der Waals surface area (Å²) in [5, 5.41) is 11.3. The lowest BCUT2D eigenvalue weighted by Gasteiger charge is -2.14. The van der Waals surface area contributed by atoms with Crippen molar-refractivity contribution in [3.8, 4) is 0 Å². The van der Waals surface area contributed by atoms with Gasteiger partial charge in [-0.2, -0.15) is 0 Å². The van der Waals surface area contributed by atoms with E-state index in [1.807, 2.05) is 13.8 Å². The second kappa shape index (κ2) is 5.09. The highest BCUT2D eigenvalue weighted by atomic mass is 16.7. The number of amides is 1. The van der Waals surface area contributed by atoms with Gasteiger partial charge >= 0.3 is 5.97 Å². The van der Waals surface area contributed by atoms with Gasteiger partial charge in [0.2, 0.25) is 0 Å². The summed E-state index contributed by atoms with van der Waals surface area (Å²) in [6.45, 7) is 4.23. The fraction of sp³-hybridized carbons (Fsp3) is 0.778. The highest BCUT2D eigenvalue weighted by Gasteiger charge is 2.40. The summed E-state index contributed by atoms with van der Waals surface area (Å²) in [6.07, 6.45) is -2.24. The van der Waals surface area contributed by atoms with Crippen molar-refractivity contribution in [1.82, 2.24) is 5.32 Å². The third-order valence-electron chi connectivity index (χ3n) is 1.96. The van der Waals surface area contributed by atoms with E-state index in [4.69, 9.17) is 14.6 Å². The number of rotatable bonds is 4. The predicted molar refractivity (Wildman–Crippen MR) is 50.1 cm³/mol. The second-order valence-electron chi connectivity index (χ2n) is 3.77. The van der Waals surface area contributed by atoms with Gasteiger partial charge in [0.25, 0.3) is 5.91 Å². The predicted octanol–water partition coefficient (Wildman–Crippen LogP) is -0.415. The topological polar surface area (TPSA) is 84.9 Å². The first kappa shape index (κ1) is 11.9. The van der Waals surface area contributed by atoms with Crippen LogP contribution in [-0.4, -0.2) is 42.5 Å². The number of hydrogen-bond acceptors (Lipinski definition) is 4. The molecule has 0 bridgehead atoms. The van der Waals surface area contributed by atoms with Crippen molar-refractivity contribution in [2.45, 2.75) is 26.1 Å². The number of hydrogen-bond donors (Lipinski definition) is 2. The normalized spacial score (nSPS) is 25.5. The minimum atomic E-state index is -1.20. The summed E-state index contributed by atoms with van der Waals surface area (Å²) in [5.74, 6) is -1.31. The minimum Gasteiger partial charge on any atom is -0.479 e. The maximum absolute atomic E-state index is 11.5. The fourth-order valence-electron chi connectivity index (χ4n) is 1.18. The monoisotopic (exact) mass is 217 g/mol. The van der Waals surface area contributed by atoms with Crippen LogP contribution in [0.5, 0.6) is 0 Å². The third-order valence-corrected chi connectivity index (χ3v) is 1.96. The van der Waals surface area contributed by atoms with E-state index >= 15 is 0 Å². The van der Waals surface area contributed by atoms with Gasteiger partial charge in [-0.1, -0.05) is 13.8 Å². The van der Waals surface area contributed by atoms with E-state index in [-0.39, 0.29) is 6.79 Å². The van der Waals surface area contributed by atoms with Gasteiger partial charge in [0.05, 0.1) is 0 Å². The molecule has 1 aliphatic rings. The largest absolute Gasteiger partial charge is 0.479 e. The Morgan fingerprint density at radius 2 is 2.00 bits per heavy atom. The van der Waals surface area contributed by atoms with Crippen LogP contribution in [0.2, 0.25) is 0 Å². The molecule has 2 N–H and O–H groups in total.